The zero-order chi connectivity index (χ0) is 9.64. The summed E-state index contributed by atoms with van der Waals surface area (Å²) in [6.07, 6.45) is 2.82. The van der Waals surface area contributed by atoms with E-state index in [-0.39, 0.29) is 10.2 Å². The Balaban J connectivity index is 2.27. The number of hydrogen-bond donors (Lipinski definition) is 0. The van der Waals surface area contributed by atoms with E-state index < -0.39 is 0 Å². The predicted molar refractivity (Wildman–Crippen MR) is 52.8 cm³/mol. The van der Waals surface area contributed by atoms with Gasteiger partial charge in [-0.25, -0.2) is 0 Å². The lowest BCUT2D eigenvalue weighted by atomic mass is 9.69. The van der Waals surface area contributed by atoms with E-state index in [4.69, 9.17) is 0 Å². The van der Waals surface area contributed by atoms with E-state index in [2.05, 4.69) is 15.9 Å². The van der Waals surface area contributed by atoms with Crippen LogP contribution in [0.15, 0.2) is 0 Å². The van der Waals surface area contributed by atoms with Crippen molar-refractivity contribution >= 4 is 27.5 Å². The van der Waals surface area contributed by atoms with Crippen LogP contribution >= 0.6 is 15.9 Å². The van der Waals surface area contributed by atoms with E-state index in [1.54, 1.807) is 0 Å². The van der Waals surface area contributed by atoms with Crippen molar-refractivity contribution in [3.63, 3.8) is 0 Å². The molecule has 2 fully saturated rings. The molecule has 0 aromatic rings. The summed E-state index contributed by atoms with van der Waals surface area (Å²) < 4.78 is 0. The maximum absolute atomic E-state index is 11.8. The Bertz CT molecular complexity index is 274. The van der Waals surface area contributed by atoms with Crippen LogP contribution in [0.3, 0.4) is 0 Å². The summed E-state index contributed by atoms with van der Waals surface area (Å²) >= 11 is 3.39. The second kappa shape index (κ2) is 2.91. The molecule has 0 aromatic heterocycles. The predicted octanol–water partition coefficient (Wildman–Crippen LogP) is 2.10. The largest absolute Gasteiger partial charge is 0.300 e. The van der Waals surface area contributed by atoms with Crippen molar-refractivity contribution in [2.24, 2.45) is 11.3 Å². The Hall–Kier alpha value is -0.180. The second-order valence-electron chi connectivity index (χ2n) is 4.42. The molecule has 0 bridgehead atoms. The van der Waals surface area contributed by atoms with Crippen LogP contribution in [-0.4, -0.2) is 16.4 Å². The molecule has 0 saturated heterocycles. The van der Waals surface area contributed by atoms with E-state index in [1.807, 2.05) is 6.92 Å². The van der Waals surface area contributed by atoms with Gasteiger partial charge in [0, 0.05) is 18.3 Å². The Morgan fingerprint density at radius 3 is 2.85 bits per heavy atom. The van der Waals surface area contributed by atoms with Crippen molar-refractivity contribution in [3.05, 3.63) is 0 Å². The molecule has 2 nitrogen and oxygen atoms in total. The highest BCUT2D eigenvalue weighted by Gasteiger charge is 2.52. The normalized spacial score (nSPS) is 45.1. The van der Waals surface area contributed by atoms with Crippen LogP contribution in [0.2, 0.25) is 0 Å². The second-order valence-corrected chi connectivity index (χ2v) is 5.53. The van der Waals surface area contributed by atoms with Gasteiger partial charge in [0.15, 0.2) is 5.78 Å². The smallest absolute Gasteiger partial charge is 0.152 e. The lowest BCUT2D eigenvalue weighted by Gasteiger charge is -2.33. The van der Waals surface area contributed by atoms with Crippen molar-refractivity contribution in [2.75, 3.05) is 0 Å². The van der Waals surface area contributed by atoms with Crippen LogP contribution in [0.25, 0.3) is 0 Å². The molecule has 0 N–H and O–H groups in total. The monoisotopic (exact) mass is 244 g/mol. The highest BCUT2D eigenvalue weighted by atomic mass is 79.9. The Morgan fingerprint density at radius 1 is 1.46 bits per heavy atom. The third-order valence-electron chi connectivity index (χ3n) is 3.64. The van der Waals surface area contributed by atoms with Crippen LogP contribution < -0.4 is 0 Å². The number of rotatable bonds is 0. The first-order chi connectivity index (χ1) is 6.04. The molecule has 2 rings (SSSR count). The molecular formula is C10H13BrO2. The molecule has 0 amide bonds. The Morgan fingerprint density at radius 2 is 2.15 bits per heavy atom. The summed E-state index contributed by atoms with van der Waals surface area (Å²) in [6.45, 7) is 2.02. The number of carbonyl (C=O) groups excluding carboxylic acids is 2. The van der Waals surface area contributed by atoms with E-state index in [0.29, 0.717) is 30.3 Å². The van der Waals surface area contributed by atoms with E-state index >= 15 is 0 Å². The number of Topliss-reactive ketones (excluding diaryl/α,β-unsaturated/α-hetero) is 2. The van der Waals surface area contributed by atoms with Gasteiger partial charge in [0.1, 0.15) is 5.78 Å². The van der Waals surface area contributed by atoms with Crippen LogP contribution in [-0.2, 0) is 9.59 Å². The van der Waals surface area contributed by atoms with Crippen LogP contribution in [0.4, 0.5) is 0 Å². The number of halogens is 1. The molecule has 0 spiro atoms. The number of ketones is 2. The van der Waals surface area contributed by atoms with Gasteiger partial charge in [0.05, 0.1) is 4.83 Å². The summed E-state index contributed by atoms with van der Waals surface area (Å²) in [4.78, 5) is 23.0. The minimum Gasteiger partial charge on any atom is -0.300 e. The van der Waals surface area contributed by atoms with Gasteiger partial charge in [-0.05, 0) is 18.8 Å². The highest BCUT2D eigenvalue weighted by Crippen LogP contribution is 2.50. The first-order valence-electron chi connectivity index (χ1n) is 4.74. The fourth-order valence-electron chi connectivity index (χ4n) is 2.59. The van der Waals surface area contributed by atoms with Crippen LogP contribution in [0, 0.1) is 11.3 Å². The minimum absolute atomic E-state index is 0.00611. The molecule has 2 aliphatic rings. The number of hydrogen-bond acceptors (Lipinski definition) is 2. The molecule has 0 aliphatic heterocycles. The summed E-state index contributed by atoms with van der Waals surface area (Å²) in [5.74, 6) is 0.938. The fourth-order valence-corrected chi connectivity index (χ4v) is 3.56. The SMILES string of the molecule is CC12CCC(=O)CC1CC(Br)C2=O. The van der Waals surface area contributed by atoms with Crippen LogP contribution in [0.5, 0.6) is 0 Å². The first kappa shape index (κ1) is 9.38. The van der Waals surface area contributed by atoms with Crippen molar-refractivity contribution in [1.29, 1.82) is 0 Å². The molecule has 0 heterocycles. The molecule has 0 aromatic carbocycles. The van der Waals surface area contributed by atoms with Crippen molar-refractivity contribution in [2.45, 2.75) is 37.4 Å². The fraction of sp³-hybridized carbons (Fsp3) is 0.800. The van der Waals surface area contributed by atoms with Gasteiger partial charge < -0.3 is 0 Å². The molecular weight excluding hydrogens is 232 g/mol. The number of carbonyl (C=O) groups is 2. The first-order valence-corrected chi connectivity index (χ1v) is 5.65. The summed E-state index contributed by atoms with van der Waals surface area (Å²) in [6, 6.07) is 0. The maximum Gasteiger partial charge on any atom is 0.152 e. The molecule has 3 unspecified atom stereocenters. The van der Waals surface area contributed by atoms with E-state index in [0.717, 1.165) is 12.8 Å². The van der Waals surface area contributed by atoms with Gasteiger partial charge in [-0.15, -0.1) is 0 Å². The van der Waals surface area contributed by atoms with Gasteiger partial charge in [-0.3, -0.25) is 9.59 Å². The van der Waals surface area contributed by atoms with Crippen molar-refractivity contribution in [3.8, 4) is 0 Å². The third kappa shape index (κ3) is 1.28. The van der Waals surface area contributed by atoms with Gasteiger partial charge in [0.2, 0.25) is 0 Å². The molecule has 0 radical (unpaired) electrons. The molecule has 3 heteroatoms. The molecule has 2 aliphatic carbocycles. The lowest BCUT2D eigenvalue weighted by Crippen LogP contribution is -2.35. The number of alkyl halides is 1. The minimum atomic E-state index is -0.206. The molecule has 3 atom stereocenters. The molecule has 13 heavy (non-hydrogen) atoms. The van der Waals surface area contributed by atoms with Gasteiger partial charge in [0.25, 0.3) is 0 Å². The summed E-state index contributed by atoms with van der Waals surface area (Å²) in [5.41, 5.74) is -0.206. The highest BCUT2D eigenvalue weighted by molar-refractivity contribution is 9.10. The third-order valence-corrected chi connectivity index (χ3v) is 4.43. The van der Waals surface area contributed by atoms with E-state index in [9.17, 15) is 9.59 Å². The van der Waals surface area contributed by atoms with Crippen molar-refractivity contribution < 1.29 is 9.59 Å². The van der Waals surface area contributed by atoms with Crippen molar-refractivity contribution in [1.82, 2.24) is 0 Å². The standard InChI is InChI=1S/C10H13BrO2/c1-10-3-2-7(12)4-6(10)5-8(11)9(10)13/h6,8H,2-5H2,1H3. The van der Waals surface area contributed by atoms with Crippen LogP contribution in [0.1, 0.15) is 32.6 Å². The number of fused-ring (bicyclic) bond motifs is 1. The van der Waals surface area contributed by atoms with Gasteiger partial charge in [-0.2, -0.15) is 0 Å². The molecule has 72 valence electrons. The zero-order valence-corrected chi connectivity index (χ0v) is 9.26. The molecule has 2 saturated carbocycles. The summed E-state index contributed by atoms with van der Waals surface area (Å²) in [5, 5.41) is 0. The average Bonchev–Trinajstić information content (AvgIpc) is 2.29. The van der Waals surface area contributed by atoms with E-state index in [1.165, 1.54) is 0 Å². The lowest BCUT2D eigenvalue weighted by molar-refractivity contribution is -0.131. The zero-order valence-electron chi connectivity index (χ0n) is 7.68. The van der Waals surface area contributed by atoms with Gasteiger partial charge in [-0.1, -0.05) is 22.9 Å². The maximum atomic E-state index is 11.8. The quantitative estimate of drug-likeness (QED) is 0.612. The topological polar surface area (TPSA) is 34.1 Å². The summed E-state index contributed by atoms with van der Waals surface area (Å²) in [7, 11) is 0. The Kier molecular flexibility index (Phi) is 2.10. The van der Waals surface area contributed by atoms with Gasteiger partial charge >= 0.3 is 0 Å². The Labute approximate surface area is 86.2 Å². The average molecular weight is 245 g/mol.